The van der Waals surface area contributed by atoms with Crippen molar-refractivity contribution in [2.24, 2.45) is 0 Å². The smallest absolute Gasteiger partial charge is 0.357 e. The third-order valence-electron chi connectivity index (χ3n) is 6.86. The van der Waals surface area contributed by atoms with Crippen molar-refractivity contribution in [3.8, 4) is 0 Å². The van der Waals surface area contributed by atoms with Gasteiger partial charge in [0.2, 0.25) is 0 Å². The average molecular weight is 488 g/mol. The van der Waals surface area contributed by atoms with E-state index in [0.717, 1.165) is 36.3 Å². The summed E-state index contributed by atoms with van der Waals surface area (Å²) >= 11 is 1.28. The van der Waals surface area contributed by atoms with Gasteiger partial charge in [0.05, 0.1) is 7.11 Å². The first kappa shape index (κ1) is 26.2. The first-order valence-corrected chi connectivity index (χ1v) is 17.3. The minimum atomic E-state index is -2.08. The van der Waals surface area contributed by atoms with Gasteiger partial charge in [-0.25, -0.2) is 14.6 Å². The average Bonchev–Trinajstić information content (AvgIpc) is 3.40. The highest BCUT2D eigenvalue weighted by atomic mass is 32.1. The van der Waals surface area contributed by atoms with E-state index in [1.807, 2.05) is 0 Å². The molecule has 1 aromatic heterocycles. The summed E-state index contributed by atoms with van der Waals surface area (Å²) in [5, 5.41) is 2.18. The summed E-state index contributed by atoms with van der Waals surface area (Å²) < 4.78 is 24.0. The molecule has 1 fully saturated rings. The Kier molecular flexibility index (Phi) is 9.44. The zero-order valence-electron chi connectivity index (χ0n) is 19.9. The van der Waals surface area contributed by atoms with Crippen molar-refractivity contribution in [2.45, 2.75) is 96.1 Å². The first-order chi connectivity index (χ1) is 14.8. The predicted molar refractivity (Wildman–Crippen MR) is 126 cm³/mol. The number of cyclic esters (lactones) is 1. The van der Waals surface area contributed by atoms with Crippen LogP contribution in [0.25, 0.3) is 0 Å². The maximum atomic E-state index is 13.0. The molecule has 176 valence electrons. The van der Waals surface area contributed by atoms with E-state index < -0.39 is 40.9 Å². The molecule has 1 aromatic rings. The Hall–Kier alpha value is -1.08. The van der Waals surface area contributed by atoms with Crippen molar-refractivity contribution in [2.75, 3.05) is 7.11 Å². The SMILES string of the molecule is CC[Si](CC)(CC)O[C@@H]1[C@H](O[Si](CC)(CC)CC)C(=O)O[C@@H]1c1nc(C(=O)OC)cs1. The molecule has 3 atom stereocenters. The summed E-state index contributed by atoms with van der Waals surface area (Å²) in [6, 6.07) is 5.66. The topological polar surface area (TPSA) is 84.0 Å². The third-order valence-corrected chi connectivity index (χ3v) is 17.0. The fourth-order valence-corrected chi connectivity index (χ4v) is 10.6. The molecule has 0 aliphatic carbocycles. The molecule has 1 aliphatic rings. The molecule has 1 saturated heterocycles. The number of aromatic nitrogens is 1. The summed E-state index contributed by atoms with van der Waals surface area (Å²) in [6.07, 6.45) is -1.97. The Balaban J connectivity index is 2.45. The van der Waals surface area contributed by atoms with Crippen LogP contribution < -0.4 is 0 Å². The molecule has 0 spiro atoms. The van der Waals surface area contributed by atoms with E-state index in [0.29, 0.717) is 5.01 Å². The van der Waals surface area contributed by atoms with Crippen molar-refractivity contribution >= 4 is 39.9 Å². The lowest BCUT2D eigenvalue weighted by Gasteiger charge is -2.37. The minimum Gasteiger partial charge on any atom is -0.464 e. The van der Waals surface area contributed by atoms with Crippen molar-refractivity contribution in [3.63, 3.8) is 0 Å². The van der Waals surface area contributed by atoms with Gasteiger partial charge in [-0.15, -0.1) is 11.3 Å². The van der Waals surface area contributed by atoms with E-state index in [9.17, 15) is 9.59 Å². The molecule has 0 radical (unpaired) electrons. The third kappa shape index (κ3) is 5.47. The van der Waals surface area contributed by atoms with E-state index in [4.69, 9.17) is 18.3 Å². The molecule has 0 amide bonds. The van der Waals surface area contributed by atoms with Crippen molar-refractivity contribution in [3.05, 3.63) is 16.1 Å². The summed E-state index contributed by atoms with van der Waals surface area (Å²) in [6.45, 7) is 12.9. The number of esters is 2. The van der Waals surface area contributed by atoms with Crippen LogP contribution in [-0.4, -0.2) is 52.9 Å². The zero-order chi connectivity index (χ0) is 23.2. The standard InChI is InChI=1S/C21H37NO6SSi2/c1-8-30(9-2,10-3)27-16-17(19-22-15(14-29-19)20(23)25-7)26-21(24)18(16)28-31(11-4,12-5)13-6/h14,16-18H,8-13H2,1-7H3/t16-,17-,18-/m0/s1. The summed E-state index contributed by atoms with van der Waals surface area (Å²) in [4.78, 5) is 29.3. The predicted octanol–water partition coefficient (Wildman–Crippen LogP) is 5.31. The lowest BCUT2D eigenvalue weighted by atomic mass is 10.1. The second-order valence-corrected chi connectivity index (χ2v) is 18.4. The Morgan fingerprint density at radius 1 is 1.00 bits per heavy atom. The van der Waals surface area contributed by atoms with Crippen LogP contribution in [0.15, 0.2) is 5.38 Å². The number of thiazole rings is 1. The fraction of sp³-hybridized carbons (Fsp3) is 0.762. The molecule has 10 heteroatoms. The lowest BCUT2D eigenvalue weighted by Crippen LogP contribution is -2.50. The van der Waals surface area contributed by atoms with Crippen LogP contribution in [0.1, 0.15) is 63.1 Å². The number of ether oxygens (including phenoxy) is 2. The number of carbonyl (C=O) groups is 2. The number of carbonyl (C=O) groups excluding carboxylic acids is 2. The monoisotopic (exact) mass is 487 g/mol. The Morgan fingerprint density at radius 3 is 2.00 bits per heavy atom. The molecule has 1 aliphatic heterocycles. The number of rotatable bonds is 12. The van der Waals surface area contributed by atoms with Gasteiger partial charge in [-0.3, -0.25) is 0 Å². The van der Waals surface area contributed by atoms with Crippen molar-refractivity contribution < 1.29 is 27.9 Å². The normalized spacial score (nSPS) is 21.9. The summed E-state index contributed by atoms with van der Waals surface area (Å²) in [7, 11) is -2.83. The molecule has 31 heavy (non-hydrogen) atoms. The second-order valence-electron chi connectivity index (χ2n) is 8.03. The highest BCUT2D eigenvalue weighted by Gasteiger charge is 2.53. The molecular formula is C21H37NO6SSi2. The van der Waals surface area contributed by atoms with Gasteiger partial charge in [0.25, 0.3) is 0 Å². The highest BCUT2D eigenvalue weighted by molar-refractivity contribution is 7.09. The van der Waals surface area contributed by atoms with Crippen LogP contribution in [0.5, 0.6) is 0 Å². The Morgan fingerprint density at radius 2 is 1.52 bits per heavy atom. The van der Waals surface area contributed by atoms with E-state index in [2.05, 4.69) is 46.5 Å². The van der Waals surface area contributed by atoms with Gasteiger partial charge in [0.1, 0.15) is 11.1 Å². The molecule has 0 aromatic carbocycles. The number of nitrogens with zero attached hydrogens (tertiary/aromatic N) is 1. The van der Waals surface area contributed by atoms with Crippen molar-refractivity contribution in [1.29, 1.82) is 0 Å². The van der Waals surface area contributed by atoms with Crippen molar-refractivity contribution in [1.82, 2.24) is 4.98 Å². The summed E-state index contributed by atoms with van der Waals surface area (Å²) in [5.74, 6) is -0.894. The molecule has 2 heterocycles. The second kappa shape index (κ2) is 11.2. The summed E-state index contributed by atoms with van der Waals surface area (Å²) in [5.41, 5.74) is 0.214. The quantitative estimate of drug-likeness (QED) is 0.292. The first-order valence-electron chi connectivity index (χ1n) is 11.4. The van der Waals surface area contributed by atoms with Gasteiger partial charge in [0.15, 0.2) is 34.5 Å². The lowest BCUT2D eigenvalue weighted by molar-refractivity contribution is -0.146. The van der Waals surface area contributed by atoms with E-state index in [-0.39, 0.29) is 11.7 Å². The Labute approximate surface area is 192 Å². The zero-order valence-corrected chi connectivity index (χ0v) is 22.7. The van der Waals surface area contributed by atoms with Gasteiger partial charge in [-0.2, -0.15) is 0 Å². The van der Waals surface area contributed by atoms with Crippen LogP contribution >= 0.6 is 11.3 Å². The van der Waals surface area contributed by atoms with Crippen LogP contribution in [0.4, 0.5) is 0 Å². The number of hydrogen-bond donors (Lipinski definition) is 0. The van der Waals surface area contributed by atoms with Crippen LogP contribution in [0.3, 0.4) is 0 Å². The van der Waals surface area contributed by atoms with Gasteiger partial charge in [-0.1, -0.05) is 41.5 Å². The highest BCUT2D eigenvalue weighted by Crippen LogP contribution is 2.41. The molecule has 0 N–H and O–H groups in total. The van der Waals surface area contributed by atoms with Gasteiger partial charge >= 0.3 is 11.9 Å². The van der Waals surface area contributed by atoms with Gasteiger partial charge in [-0.05, 0) is 36.3 Å². The number of methoxy groups -OCH3 is 1. The molecule has 0 unspecified atom stereocenters. The molecule has 2 rings (SSSR count). The van der Waals surface area contributed by atoms with Gasteiger partial charge in [0, 0.05) is 5.38 Å². The molecule has 0 saturated carbocycles. The molecular weight excluding hydrogens is 450 g/mol. The molecule has 7 nitrogen and oxygen atoms in total. The molecule has 0 bridgehead atoms. The van der Waals surface area contributed by atoms with Crippen LogP contribution in [-0.2, 0) is 23.1 Å². The fourth-order valence-electron chi connectivity index (χ4n) is 4.16. The largest absolute Gasteiger partial charge is 0.464 e. The maximum absolute atomic E-state index is 13.0. The van der Waals surface area contributed by atoms with Crippen LogP contribution in [0, 0.1) is 0 Å². The van der Waals surface area contributed by atoms with E-state index in [1.165, 1.54) is 18.4 Å². The van der Waals surface area contributed by atoms with E-state index in [1.54, 1.807) is 5.38 Å². The Bertz CT molecular complexity index is 733. The van der Waals surface area contributed by atoms with E-state index >= 15 is 0 Å². The number of hydrogen-bond acceptors (Lipinski definition) is 8. The van der Waals surface area contributed by atoms with Crippen LogP contribution in [0.2, 0.25) is 36.3 Å². The minimum absolute atomic E-state index is 0.214. The maximum Gasteiger partial charge on any atom is 0.357 e. The van der Waals surface area contributed by atoms with Gasteiger partial charge < -0.3 is 18.3 Å².